The molecule has 2 saturated carbocycles. The minimum Gasteiger partial charge on any atom is -0.370 e. The molecule has 2 aliphatic rings. The van der Waals surface area contributed by atoms with E-state index in [9.17, 15) is 22.8 Å². The van der Waals surface area contributed by atoms with Crippen LogP contribution >= 0.6 is 0 Å². The zero-order chi connectivity index (χ0) is 21.2. The average Bonchev–Trinajstić information content (AvgIpc) is 3.51. The highest BCUT2D eigenvalue weighted by Gasteiger charge is 2.40. The van der Waals surface area contributed by atoms with Crippen molar-refractivity contribution in [3.8, 4) is 0 Å². The van der Waals surface area contributed by atoms with Gasteiger partial charge in [0.25, 0.3) is 5.91 Å². The molecule has 0 aromatic heterocycles. The molecule has 2 aliphatic carbocycles. The molecule has 0 saturated heterocycles. The summed E-state index contributed by atoms with van der Waals surface area (Å²) in [5.41, 5.74) is 5.85. The van der Waals surface area contributed by atoms with E-state index in [-0.39, 0.29) is 29.5 Å². The van der Waals surface area contributed by atoms with Crippen LogP contribution in [0.3, 0.4) is 0 Å². The van der Waals surface area contributed by atoms with E-state index in [0.717, 1.165) is 51.9 Å². The number of nitrogens with two attached hydrogens (primary N) is 1. The van der Waals surface area contributed by atoms with Crippen LogP contribution in [0.4, 0.5) is 13.2 Å². The maximum atomic E-state index is 13.1. The monoisotopic (exact) mass is 410 g/mol. The molecular weight excluding hydrogens is 381 g/mol. The first-order valence-electron chi connectivity index (χ1n) is 10.4. The van der Waals surface area contributed by atoms with Gasteiger partial charge in [-0.05, 0) is 75.5 Å². The third-order valence-electron chi connectivity index (χ3n) is 6.33. The summed E-state index contributed by atoms with van der Waals surface area (Å²) in [5.74, 6) is -1.44. The van der Waals surface area contributed by atoms with Crippen LogP contribution in [-0.4, -0.2) is 35.0 Å². The van der Waals surface area contributed by atoms with Gasteiger partial charge in [0, 0.05) is 24.1 Å². The Kier molecular flexibility index (Phi) is 6.54. The van der Waals surface area contributed by atoms with Gasteiger partial charge in [-0.3, -0.25) is 9.59 Å². The zero-order valence-electron chi connectivity index (χ0n) is 16.8. The second-order valence-corrected chi connectivity index (χ2v) is 8.51. The van der Waals surface area contributed by atoms with Crippen LogP contribution in [0, 0.1) is 5.92 Å². The Morgan fingerprint density at radius 3 is 2.00 bits per heavy atom. The van der Waals surface area contributed by atoms with Gasteiger partial charge in [-0.2, -0.15) is 13.2 Å². The Hall–Kier alpha value is -2.05. The smallest absolute Gasteiger partial charge is 0.370 e. The van der Waals surface area contributed by atoms with Gasteiger partial charge in [0.2, 0.25) is 5.91 Å². The Morgan fingerprint density at radius 1 is 1.03 bits per heavy atom. The van der Waals surface area contributed by atoms with Crippen LogP contribution < -0.4 is 5.73 Å². The van der Waals surface area contributed by atoms with E-state index in [4.69, 9.17) is 5.73 Å². The van der Waals surface area contributed by atoms with E-state index in [1.54, 1.807) is 0 Å². The SMILES string of the molecule is CC(c1ccc(C(=O)N(C2CCC(CCC(N)=O)CC2)C2CC2)cc1)C(F)(F)F. The lowest BCUT2D eigenvalue weighted by Crippen LogP contribution is -2.44. The highest BCUT2D eigenvalue weighted by atomic mass is 19.4. The van der Waals surface area contributed by atoms with Crippen LogP contribution in [0.2, 0.25) is 0 Å². The van der Waals surface area contributed by atoms with E-state index < -0.39 is 12.1 Å². The summed E-state index contributed by atoms with van der Waals surface area (Å²) < 4.78 is 38.7. The average molecular weight is 410 g/mol. The van der Waals surface area contributed by atoms with Gasteiger partial charge < -0.3 is 10.6 Å². The second kappa shape index (κ2) is 8.76. The number of carbonyl (C=O) groups is 2. The molecule has 2 fully saturated rings. The molecule has 29 heavy (non-hydrogen) atoms. The first-order valence-corrected chi connectivity index (χ1v) is 10.4. The minimum atomic E-state index is -4.29. The zero-order valence-corrected chi connectivity index (χ0v) is 16.8. The Balaban J connectivity index is 1.64. The lowest BCUT2D eigenvalue weighted by Gasteiger charge is -2.37. The summed E-state index contributed by atoms with van der Waals surface area (Å²) in [7, 11) is 0. The molecular formula is C22H29F3N2O2. The normalized spacial score (nSPS) is 23.4. The van der Waals surface area contributed by atoms with Crippen LogP contribution in [0.25, 0.3) is 0 Å². The Morgan fingerprint density at radius 2 is 1.55 bits per heavy atom. The molecule has 7 heteroatoms. The van der Waals surface area contributed by atoms with Crippen molar-refractivity contribution < 1.29 is 22.8 Å². The van der Waals surface area contributed by atoms with Gasteiger partial charge in [-0.1, -0.05) is 12.1 Å². The quantitative estimate of drug-likeness (QED) is 0.703. The molecule has 160 valence electrons. The molecule has 3 rings (SSSR count). The van der Waals surface area contributed by atoms with E-state index in [2.05, 4.69) is 0 Å². The van der Waals surface area contributed by atoms with Crippen molar-refractivity contribution in [1.29, 1.82) is 0 Å². The first kappa shape index (κ1) is 21.7. The summed E-state index contributed by atoms with van der Waals surface area (Å²) in [5, 5.41) is 0. The fourth-order valence-corrected chi connectivity index (χ4v) is 4.29. The van der Waals surface area contributed by atoms with Gasteiger partial charge in [-0.15, -0.1) is 0 Å². The lowest BCUT2D eigenvalue weighted by atomic mass is 9.82. The van der Waals surface area contributed by atoms with Crippen molar-refractivity contribution >= 4 is 11.8 Å². The Bertz CT molecular complexity index is 721. The standard InChI is InChI=1S/C22H29F3N2O2/c1-14(22(23,24)25)16-5-7-17(8-6-16)21(29)27(19-11-12-19)18-9-2-15(3-10-18)4-13-20(26)28/h5-8,14-15,18-19H,2-4,9-13H2,1H3,(H2,26,28). The van der Waals surface area contributed by atoms with Gasteiger partial charge in [-0.25, -0.2) is 0 Å². The molecule has 1 aromatic rings. The second-order valence-electron chi connectivity index (χ2n) is 8.51. The van der Waals surface area contributed by atoms with Gasteiger partial charge in [0.05, 0.1) is 5.92 Å². The number of halogens is 3. The van der Waals surface area contributed by atoms with Crippen molar-refractivity contribution in [3.63, 3.8) is 0 Å². The summed E-state index contributed by atoms with van der Waals surface area (Å²) in [6.45, 7) is 1.13. The number of hydrogen-bond donors (Lipinski definition) is 1. The number of alkyl halides is 3. The molecule has 0 heterocycles. The first-order chi connectivity index (χ1) is 13.7. The summed E-state index contributed by atoms with van der Waals surface area (Å²) in [6.07, 6.45) is 2.62. The number of benzene rings is 1. The molecule has 0 radical (unpaired) electrons. The maximum Gasteiger partial charge on any atom is 0.395 e. The van der Waals surface area contributed by atoms with Gasteiger partial charge in [0.15, 0.2) is 0 Å². The van der Waals surface area contributed by atoms with E-state index in [1.807, 2.05) is 4.90 Å². The van der Waals surface area contributed by atoms with E-state index in [0.29, 0.717) is 17.9 Å². The number of nitrogens with zero attached hydrogens (tertiary/aromatic N) is 1. The number of carbonyl (C=O) groups excluding carboxylic acids is 2. The summed E-state index contributed by atoms with van der Waals surface area (Å²) in [4.78, 5) is 26.1. The molecule has 1 unspecified atom stereocenters. The molecule has 2 N–H and O–H groups in total. The topological polar surface area (TPSA) is 63.4 Å². The van der Waals surface area contributed by atoms with Crippen LogP contribution in [0.1, 0.15) is 80.1 Å². The lowest BCUT2D eigenvalue weighted by molar-refractivity contribution is -0.146. The third kappa shape index (κ3) is 5.52. The van der Waals surface area contributed by atoms with Crippen LogP contribution in [0.5, 0.6) is 0 Å². The van der Waals surface area contributed by atoms with E-state index >= 15 is 0 Å². The number of amides is 2. The highest BCUT2D eigenvalue weighted by Crippen LogP contribution is 2.38. The molecule has 1 atom stereocenters. The molecule has 1 aromatic carbocycles. The number of hydrogen-bond acceptors (Lipinski definition) is 2. The third-order valence-corrected chi connectivity index (χ3v) is 6.33. The van der Waals surface area contributed by atoms with Crippen molar-refractivity contribution in [1.82, 2.24) is 4.90 Å². The van der Waals surface area contributed by atoms with Crippen LogP contribution in [-0.2, 0) is 4.79 Å². The van der Waals surface area contributed by atoms with Crippen molar-refractivity contribution in [2.24, 2.45) is 11.7 Å². The largest absolute Gasteiger partial charge is 0.395 e. The van der Waals surface area contributed by atoms with Crippen molar-refractivity contribution in [3.05, 3.63) is 35.4 Å². The van der Waals surface area contributed by atoms with Crippen LogP contribution in [0.15, 0.2) is 24.3 Å². The summed E-state index contributed by atoms with van der Waals surface area (Å²) >= 11 is 0. The number of rotatable bonds is 7. The Labute approximate surface area is 169 Å². The molecule has 4 nitrogen and oxygen atoms in total. The fraction of sp³-hybridized carbons (Fsp3) is 0.636. The molecule has 0 spiro atoms. The minimum absolute atomic E-state index is 0.0840. The predicted molar refractivity (Wildman–Crippen MR) is 104 cm³/mol. The van der Waals surface area contributed by atoms with Crippen molar-refractivity contribution in [2.45, 2.75) is 82.5 Å². The predicted octanol–water partition coefficient (Wildman–Crippen LogP) is 4.78. The molecule has 0 aliphatic heterocycles. The van der Waals surface area contributed by atoms with E-state index in [1.165, 1.54) is 24.3 Å². The van der Waals surface area contributed by atoms with Gasteiger partial charge >= 0.3 is 6.18 Å². The highest BCUT2D eigenvalue weighted by molar-refractivity contribution is 5.95. The van der Waals surface area contributed by atoms with Gasteiger partial charge in [0.1, 0.15) is 0 Å². The maximum absolute atomic E-state index is 13.1. The molecule has 0 bridgehead atoms. The summed E-state index contributed by atoms with van der Waals surface area (Å²) in [6, 6.07) is 6.27. The molecule has 2 amide bonds. The van der Waals surface area contributed by atoms with Crippen molar-refractivity contribution in [2.75, 3.05) is 0 Å². The fourth-order valence-electron chi connectivity index (χ4n) is 4.29. The number of primary amides is 1.